The summed E-state index contributed by atoms with van der Waals surface area (Å²) < 4.78 is 5.77. The lowest BCUT2D eigenvalue weighted by Crippen LogP contribution is -2.03. The van der Waals surface area contributed by atoms with Crippen molar-refractivity contribution >= 4 is 0 Å². The van der Waals surface area contributed by atoms with Gasteiger partial charge in [-0.1, -0.05) is 23.8 Å². The standard InChI is InChI=1S/C14H17NO/c1-10-4-6-13(11(2)8-10)14-7-5-12(16-14)9-15-3/h4-8,15H,9H2,1-3H3. The fourth-order valence-corrected chi connectivity index (χ4v) is 1.88. The van der Waals surface area contributed by atoms with Crippen molar-refractivity contribution in [2.45, 2.75) is 20.4 Å². The van der Waals surface area contributed by atoms with Crippen LogP contribution in [0.2, 0.25) is 0 Å². The van der Waals surface area contributed by atoms with Crippen LogP contribution in [0, 0.1) is 13.8 Å². The first-order chi connectivity index (χ1) is 7.70. The van der Waals surface area contributed by atoms with E-state index in [0.717, 1.165) is 18.1 Å². The Morgan fingerprint density at radius 3 is 2.62 bits per heavy atom. The molecule has 0 atom stereocenters. The van der Waals surface area contributed by atoms with Crippen molar-refractivity contribution in [3.63, 3.8) is 0 Å². The Morgan fingerprint density at radius 1 is 1.12 bits per heavy atom. The minimum absolute atomic E-state index is 0.769. The molecule has 2 aromatic rings. The van der Waals surface area contributed by atoms with E-state index < -0.39 is 0 Å². The van der Waals surface area contributed by atoms with E-state index >= 15 is 0 Å². The zero-order chi connectivity index (χ0) is 11.5. The molecule has 1 aromatic heterocycles. The van der Waals surface area contributed by atoms with Crippen molar-refractivity contribution in [2.24, 2.45) is 0 Å². The molecule has 0 saturated heterocycles. The van der Waals surface area contributed by atoms with Crippen LogP contribution in [0.1, 0.15) is 16.9 Å². The number of benzene rings is 1. The number of aryl methyl sites for hydroxylation is 2. The molecule has 0 saturated carbocycles. The molecule has 0 radical (unpaired) electrons. The first-order valence-corrected chi connectivity index (χ1v) is 5.51. The highest BCUT2D eigenvalue weighted by Crippen LogP contribution is 2.26. The van der Waals surface area contributed by atoms with Crippen molar-refractivity contribution in [3.05, 3.63) is 47.2 Å². The molecule has 0 amide bonds. The van der Waals surface area contributed by atoms with Crippen LogP contribution in [0.4, 0.5) is 0 Å². The minimum atomic E-state index is 0.769. The van der Waals surface area contributed by atoms with Crippen molar-refractivity contribution in [1.82, 2.24) is 5.32 Å². The molecule has 0 spiro atoms. The number of nitrogens with one attached hydrogen (secondary N) is 1. The maximum absolute atomic E-state index is 5.77. The van der Waals surface area contributed by atoms with Crippen LogP contribution >= 0.6 is 0 Å². The van der Waals surface area contributed by atoms with Crippen molar-refractivity contribution in [3.8, 4) is 11.3 Å². The third kappa shape index (κ3) is 2.17. The third-order valence-electron chi connectivity index (χ3n) is 2.66. The van der Waals surface area contributed by atoms with Crippen LogP contribution in [-0.2, 0) is 6.54 Å². The van der Waals surface area contributed by atoms with E-state index in [0.29, 0.717) is 0 Å². The molecule has 0 aliphatic heterocycles. The van der Waals surface area contributed by atoms with Gasteiger partial charge in [-0.3, -0.25) is 0 Å². The predicted octanol–water partition coefficient (Wildman–Crippen LogP) is 3.28. The fourth-order valence-electron chi connectivity index (χ4n) is 1.88. The monoisotopic (exact) mass is 215 g/mol. The van der Waals surface area contributed by atoms with Gasteiger partial charge in [0.15, 0.2) is 0 Å². The average Bonchev–Trinajstić information content (AvgIpc) is 2.67. The molecule has 2 rings (SSSR count). The van der Waals surface area contributed by atoms with Gasteiger partial charge in [0.25, 0.3) is 0 Å². The Balaban J connectivity index is 2.35. The number of rotatable bonds is 3. The summed E-state index contributed by atoms with van der Waals surface area (Å²) in [5.74, 6) is 1.92. The van der Waals surface area contributed by atoms with Crippen LogP contribution < -0.4 is 5.32 Å². The Bertz CT molecular complexity index is 485. The Hall–Kier alpha value is -1.54. The second-order valence-electron chi connectivity index (χ2n) is 4.11. The number of hydrogen-bond acceptors (Lipinski definition) is 2. The SMILES string of the molecule is CNCc1ccc(-c2ccc(C)cc2C)o1. The largest absolute Gasteiger partial charge is 0.460 e. The second-order valence-corrected chi connectivity index (χ2v) is 4.11. The van der Waals surface area contributed by atoms with Gasteiger partial charge in [0.2, 0.25) is 0 Å². The molecular weight excluding hydrogens is 198 g/mol. The van der Waals surface area contributed by atoms with Gasteiger partial charge >= 0.3 is 0 Å². The topological polar surface area (TPSA) is 25.2 Å². The number of furan rings is 1. The summed E-state index contributed by atoms with van der Waals surface area (Å²) in [6, 6.07) is 10.5. The molecular formula is C14H17NO. The molecule has 0 unspecified atom stereocenters. The summed E-state index contributed by atoms with van der Waals surface area (Å²) in [6.45, 7) is 4.98. The lowest BCUT2D eigenvalue weighted by molar-refractivity contribution is 0.507. The van der Waals surface area contributed by atoms with Crippen LogP contribution in [-0.4, -0.2) is 7.05 Å². The lowest BCUT2D eigenvalue weighted by atomic mass is 10.0. The molecule has 0 aliphatic carbocycles. The van der Waals surface area contributed by atoms with Gasteiger partial charge in [0.05, 0.1) is 6.54 Å². The van der Waals surface area contributed by atoms with Gasteiger partial charge in [-0.15, -0.1) is 0 Å². The van der Waals surface area contributed by atoms with E-state index in [1.807, 2.05) is 19.2 Å². The first kappa shape index (κ1) is 11.0. The molecule has 0 bridgehead atoms. The zero-order valence-corrected chi connectivity index (χ0v) is 10.0. The maximum Gasteiger partial charge on any atom is 0.134 e. The summed E-state index contributed by atoms with van der Waals surface area (Å²) in [6.07, 6.45) is 0. The predicted molar refractivity (Wildman–Crippen MR) is 66.4 cm³/mol. The number of hydrogen-bond donors (Lipinski definition) is 1. The molecule has 1 N–H and O–H groups in total. The normalized spacial score (nSPS) is 10.7. The van der Waals surface area contributed by atoms with E-state index in [1.54, 1.807) is 0 Å². The van der Waals surface area contributed by atoms with E-state index in [1.165, 1.54) is 16.7 Å². The van der Waals surface area contributed by atoms with E-state index in [9.17, 15) is 0 Å². The van der Waals surface area contributed by atoms with Gasteiger partial charge in [0.1, 0.15) is 11.5 Å². The summed E-state index contributed by atoms with van der Waals surface area (Å²) in [5, 5.41) is 3.08. The lowest BCUT2D eigenvalue weighted by Gasteiger charge is -2.03. The molecule has 84 valence electrons. The van der Waals surface area contributed by atoms with Gasteiger partial charge in [0, 0.05) is 5.56 Å². The molecule has 0 fully saturated rings. The van der Waals surface area contributed by atoms with E-state index in [-0.39, 0.29) is 0 Å². The Labute approximate surface area is 96.3 Å². The smallest absolute Gasteiger partial charge is 0.134 e. The molecule has 2 heteroatoms. The maximum atomic E-state index is 5.77. The Kier molecular flexibility index (Phi) is 3.11. The first-order valence-electron chi connectivity index (χ1n) is 5.51. The summed E-state index contributed by atoms with van der Waals surface area (Å²) in [7, 11) is 1.92. The summed E-state index contributed by atoms with van der Waals surface area (Å²) in [5.41, 5.74) is 3.71. The summed E-state index contributed by atoms with van der Waals surface area (Å²) >= 11 is 0. The molecule has 16 heavy (non-hydrogen) atoms. The quantitative estimate of drug-likeness (QED) is 0.850. The average molecular weight is 215 g/mol. The molecule has 2 nitrogen and oxygen atoms in total. The second kappa shape index (κ2) is 4.54. The van der Waals surface area contributed by atoms with Crippen LogP contribution in [0.15, 0.2) is 34.7 Å². The molecule has 0 aliphatic rings. The van der Waals surface area contributed by atoms with Gasteiger partial charge in [-0.05, 0) is 38.6 Å². The Morgan fingerprint density at radius 2 is 1.94 bits per heavy atom. The van der Waals surface area contributed by atoms with Gasteiger partial charge in [-0.25, -0.2) is 0 Å². The van der Waals surface area contributed by atoms with Crippen LogP contribution in [0.3, 0.4) is 0 Å². The molecule has 1 heterocycles. The zero-order valence-electron chi connectivity index (χ0n) is 10.0. The van der Waals surface area contributed by atoms with E-state index in [2.05, 4.69) is 37.4 Å². The fraction of sp³-hybridized carbons (Fsp3) is 0.286. The van der Waals surface area contributed by atoms with Gasteiger partial charge in [-0.2, -0.15) is 0 Å². The van der Waals surface area contributed by atoms with Gasteiger partial charge < -0.3 is 9.73 Å². The minimum Gasteiger partial charge on any atom is -0.460 e. The highest BCUT2D eigenvalue weighted by Gasteiger charge is 2.06. The molecule has 1 aromatic carbocycles. The van der Waals surface area contributed by atoms with Crippen molar-refractivity contribution < 1.29 is 4.42 Å². The summed E-state index contributed by atoms with van der Waals surface area (Å²) in [4.78, 5) is 0. The van der Waals surface area contributed by atoms with E-state index in [4.69, 9.17) is 4.42 Å². The van der Waals surface area contributed by atoms with Crippen LogP contribution in [0.5, 0.6) is 0 Å². The van der Waals surface area contributed by atoms with Crippen LogP contribution in [0.25, 0.3) is 11.3 Å². The van der Waals surface area contributed by atoms with Crippen molar-refractivity contribution in [1.29, 1.82) is 0 Å². The third-order valence-corrected chi connectivity index (χ3v) is 2.66. The van der Waals surface area contributed by atoms with Crippen molar-refractivity contribution in [2.75, 3.05) is 7.05 Å². The highest BCUT2D eigenvalue weighted by molar-refractivity contribution is 5.62. The highest BCUT2D eigenvalue weighted by atomic mass is 16.3.